The number of hydrogen-bond acceptors (Lipinski definition) is 14. The number of nitrogens with zero attached hydrogens (tertiary/aromatic N) is 7. The third-order valence-corrected chi connectivity index (χ3v) is 11.1. The lowest BCUT2D eigenvalue weighted by Crippen LogP contribution is -2.49. The highest BCUT2D eigenvalue weighted by Crippen LogP contribution is 2.25. The van der Waals surface area contributed by atoms with Gasteiger partial charge in [-0.1, -0.05) is 19.0 Å². The Morgan fingerprint density at radius 3 is 1.21 bits per heavy atom. The Kier molecular flexibility index (Phi) is 26.6. The van der Waals surface area contributed by atoms with Crippen molar-refractivity contribution in [2.45, 2.75) is 247 Å². The molecule has 4 saturated heterocycles. The average molecular weight is 993 g/mol. The van der Waals surface area contributed by atoms with Crippen molar-refractivity contribution in [1.82, 2.24) is 19.6 Å². The van der Waals surface area contributed by atoms with Crippen molar-refractivity contribution < 1.29 is 55.8 Å². The van der Waals surface area contributed by atoms with Gasteiger partial charge in [0.25, 0.3) is 10.1 Å². The van der Waals surface area contributed by atoms with E-state index in [2.05, 4.69) is 10.0 Å². The summed E-state index contributed by atoms with van der Waals surface area (Å²) in [5.41, 5.74) is 12.3. The lowest BCUT2D eigenvalue weighted by atomic mass is 10.00. The van der Waals surface area contributed by atoms with Gasteiger partial charge in [-0.15, -0.1) is 0 Å². The molecule has 3 N–H and O–H groups in total. The predicted molar refractivity (Wildman–Crippen MR) is 265 cm³/mol. The monoisotopic (exact) mass is 993 g/mol. The minimum atomic E-state index is -3.45. The number of carbonyl (C=O) groups excluding carboxylic acids is 4. The molecule has 0 aromatic rings. The molecule has 0 aliphatic carbocycles. The van der Waals surface area contributed by atoms with Crippen molar-refractivity contribution in [1.29, 1.82) is 0 Å². The standard InChI is InChI=1S/C12H23NO5S.C11H20N4O2.C11H22N2O2.C11H21NO3.C2H6/c1-9-8-10(18-19(5,15)16)6-7-13(9)11(14)17-12(2,3)4;1-8-7-9(13-14-12)5-6-15(8)10(16)17-11(2,3)4;1-8-7-9(12)5-6-13(8)10(14)15-11(2,3)4;1-8-7-9(13)5-6-12(8)10(14)15-11(2,3)4;1-2/h9-10H,6-8H2,1-5H3;8-9H,5-7H2,1-4H3;8-9H,5-7,12H2,1-4H3;8-9,13H,5-7H2,1-4H3;1-2H3/t9-,10+;2*8-,9-;8-,9+;/m0000./s1. The van der Waals surface area contributed by atoms with Crippen LogP contribution in [0, 0.1) is 0 Å². The number of piperidine rings is 4. The maximum absolute atomic E-state index is 12.0. The quantitative estimate of drug-likeness (QED) is 0.0879. The predicted octanol–water partition coefficient (Wildman–Crippen LogP) is 9.36. The zero-order valence-corrected chi connectivity index (χ0v) is 46.0. The highest BCUT2D eigenvalue weighted by atomic mass is 32.2. The van der Waals surface area contributed by atoms with Gasteiger partial charge in [0.05, 0.1) is 18.5 Å². The summed E-state index contributed by atoms with van der Waals surface area (Å²) in [5.74, 6) is 0. The lowest BCUT2D eigenvalue weighted by molar-refractivity contribution is -0.00504. The van der Waals surface area contributed by atoms with Crippen LogP contribution in [0.5, 0.6) is 0 Å². The van der Waals surface area contributed by atoms with E-state index in [9.17, 15) is 32.7 Å². The summed E-state index contributed by atoms with van der Waals surface area (Å²) in [6, 6.07) is 0.407. The van der Waals surface area contributed by atoms with E-state index in [1.165, 1.54) is 0 Å². The third-order valence-electron chi connectivity index (χ3n) is 10.5. The first kappa shape index (κ1) is 64.2. The van der Waals surface area contributed by atoms with Gasteiger partial charge in [0.1, 0.15) is 22.4 Å². The SMILES string of the molecule is CC.C[C@H]1C[C@@H](N)CCN1C(=O)OC(C)(C)C.C[C@H]1C[C@@H](N=[N+]=[N-])CCN1C(=O)OC(C)(C)C.C[C@H]1C[C@H](O)CCN1C(=O)OC(C)(C)C.C[C@H]1C[C@H](OS(C)(=O)=O)CCN1C(=O)OC(C)(C)C. The number of carbonyl (C=O) groups is 4. The van der Waals surface area contributed by atoms with E-state index in [1.54, 1.807) is 19.6 Å². The van der Waals surface area contributed by atoms with Crippen LogP contribution in [0.2, 0.25) is 0 Å². The first-order chi connectivity index (χ1) is 30.9. The van der Waals surface area contributed by atoms with Gasteiger partial charge < -0.3 is 49.4 Å². The molecule has 21 heteroatoms. The van der Waals surface area contributed by atoms with Crippen LogP contribution in [-0.4, -0.2) is 161 Å². The molecule has 0 spiro atoms. The number of likely N-dealkylation sites (tertiary alicyclic amines) is 4. The Balaban J connectivity index is 0.000000873. The van der Waals surface area contributed by atoms with E-state index < -0.39 is 32.5 Å². The van der Waals surface area contributed by atoms with E-state index in [1.807, 2.05) is 125 Å². The minimum Gasteiger partial charge on any atom is -0.444 e. The molecule has 0 unspecified atom stereocenters. The lowest BCUT2D eigenvalue weighted by Gasteiger charge is -2.37. The molecule has 0 bridgehead atoms. The molecule has 8 atom stereocenters. The van der Waals surface area contributed by atoms with Crippen LogP contribution in [0.4, 0.5) is 19.2 Å². The minimum absolute atomic E-state index is 0.00585. The second-order valence-electron chi connectivity index (χ2n) is 21.9. The molecule has 4 aliphatic rings. The normalized spacial score (nSPS) is 25.6. The number of nitrogens with two attached hydrogens (primary N) is 1. The zero-order valence-electron chi connectivity index (χ0n) is 45.2. The van der Waals surface area contributed by atoms with Crippen LogP contribution in [0.3, 0.4) is 0 Å². The Labute approximate surface area is 409 Å². The van der Waals surface area contributed by atoms with Crippen molar-refractivity contribution in [2.24, 2.45) is 10.8 Å². The highest BCUT2D eigenvalue weighted by Gasteiger charge is 2.35. The third kappa shape index (κ3) is 27.4. The van der Waals surface area contributed by atoms with Gasteiger partial charge in [0.2, 0.25) is 0 Å². The summed E-state index contributed by atoms with van der Waals surface area (Å²) in [4.78, 5) is 57.0. The van der Waals surface area contributed by atoms with Gasteiger partial charge in [-0.05, 0) is 168 Å². The molecule has 4 heterocycles. The zero-order chi connectivity index (χ0) is 53.2. The van der Waals surface area contributed by atoms with Crippen molar-refractivity contribution >= 4 is 34.5 Å². The second-order valence-corrected chi connectivity index (χ2v) is 23.5. The first-order valence-corrected chi connectivity index (χ1v) is 26.1. The van der Waals surface area contributed by atoms with Gasteiger partial charge in [-0.2, -0.15) is 8.42 Å². The van der Waals surface area contributed by atoms with Gasteiger partial charge in [0, 0.05) is 67.3 Å². The maximum atomic E-state index is 12.0. The summed E-state index contributed by atoms with van der Waals surface area (Å²) in [6.45, 7) is 36.3. The van der Waals surface area contributed by atoms with Crippen molar-refractivity contribution in [3.63, 3.8) is 0 Å². The van der Waals surface area contributed by atoms with Crippen LogP contribution in [0.15, 0.2) is 5.11 Å². The summed E-state index contributed by atoms with van der Waals surface area (Å²) in [6.07, 6.45) is 4.65. The fourth-order valence-electron chi connectivity index (χ4n) is 7.51. The van der Waals surface area contributed by atoms with Crippen LogP contribution >= 0.6 is 0 Å². The molecule has 0 saturated carbocycles. The average Bonchev–Trinajstić information content (AvgIpc) is 3.13. The van der Waals surface area contributed by atoms with Gasteiger partial charge in [0.15, 0.2) is 0 Å². The highest BCUT2D eigenvalue weighted by molar-refractivity contribution is 7.86. The molecule has 4 fully saturated rings. The fourth-order valence-corrected chi connectivity index (χ4v) is 8.18. The number of amides is 4. The largest absolute Gasteiger partial charge is 0.444 e. The smallest absolute Gasteiger partial charge is 0.410 e. The van der Waals surface area contributed by atoms with E-state index >= 15 is 0 Å². The number of hydrogen-bond donors (Lipinski definition) is 2. The molecule has 0 aromatic heterocycles. The number of rotatable bonds is 3. The summed E-state index contributed by atoms with van der Waals surface area (Å²) in [5, 5.41) is 13.1. The molecule has 68 heavy (non-hydrogen) atoms. The van der Waals surface area contributed by atoms with Crippen LogP contribution < -0.4 is 5.73 Å². The number of aliphatic hydroxyl groups excluding tert-OH is 1. The Morgan fingerprint density at radius 1 is 0.574 bits per heavy atom. The first-order valence-electron chi connectivity index (χ1n) is 24.2. The van der Waals surface area contributed by atoms with E-state index in [4.69, 9.17) is 34.4 Å². The molecular formula is C47H92N8O12S. The molecule has 0 aromatic carbocycles. The van der Waals surface area contributed by atoms with Crippen LogP contribution in [0.25, 0.3) is 10.4 Å². The van der Waals surface area contributed by atoms with Crippen molar-refractivity contribution in [3.05, 3.63) is 10.4 Å². The molecule has 20 nitrogen and oxygen atoms in total. The maximum Gasteiger partial charge on any atom is 0.410 e. The Morgan fingerprint density at radius 2 is 0.897 bits per heavy atom. The molecular weight excluding hydrogens is 901 g/mol. The second kappa shape index (κ2) is 28.2. The summed E-state index contributed by atoms with van der Waals surface area (Å²) < 4.78 is 48.4. The van der Waals surface area contributed by atoms with Gasteiger partial charge in [-0.3, -0.25) is 4.18 Å². The van der Waals surface area contributed by atoms with Crippen LogP contribution in [-0.2, 0) is 33.2 Å². The molecule has 398 valence electrons. The Bertz CT molecular complexity index is 1670. The fraction of sp³-hybridized carbons (Fsp3) is 0.915. The molecule has 4 rings (SSSR count). The van der Waals surface area contributed by atoms with Crippen molar-refractivity contribution in [2.75, 3.05) is 32.4 Å². The van der Waals surface area contributed by atoms with Gasteiger partial charge >= 0.3 is 24.4 Å². The molecule has 4 aliphatic heterocycles. The number of azide groups is 1. The van der Waals surface area contributed by atoms with Gasteiger partial charge in [-0.25, -0.2) is 19.2 Å². The van der Waals surface area contributed by atoms with E-state index in [0.717, 1.165) is 19.1 Å². The number of ether oxygens (including phenoxy) is 4. The Hall–Kier alpha value is -3.78. The van der Waals surface area contributed by atoms with Crippen molar-refractivity contribution in [3.8, 4) is 0 Å². The van der Waals surface area contributed by atoms with Crippen LogP contribution in [0.1, 0.15) is 176 Å². The summed E-state index contributed by atoms with van der Waals surface area (Å²) >= 11 is 0. The topological polar surface area (TPSA) is 257 Å². The molecule has 4 amide bonds. The summed E-state index contributed by atoms with van der Waals surface area (Å²) in [7, 11) is -3.45. The van der Waals surface area contributed by atoms with E-state index in [-0.39, 0.29) is 72.8 Å². The number of aliphatic hydroxyl groups is 1. The van der Waals surface area contributed by atoms with E-state index in [0.29, 0.717) is 64.7 Å². The molecule has 0 radical (unpaired) electrons.